The van der Waals surface area contributed by atoms with Gasteiger partial charge < -0.3 is 19.5 Å². The van der Waals surface area contributed by atoms with E-state index < -0.39 is 6.10 Å². The zero-order valence-electron chi connectivity index (χ0n) is 14.9. The Morgan fingerprint density at radius 2 is 2.24 bits per heavy atom. The number of likely N-dealkylation sites (tertiary alicyclic amines) is 1. The first-order valence-corrected chi connectivity index (χ1v) is 8.91. The standard InChI is InChI=1S/C19H27N3O3/c1-3-25-16-8-4-6-14(17(16)23)12-22-10-5-7-15(13-22)18(24)19-20-9-11-21(19)2/h4,6,8-9,11,15,18,23-24H,3,5,7,10,12-13H2,1-2H3. The molecule has 2 heterocycles. The minimum atomic E-state index is -0.564. The van der Waals surface area contributed by atoms with E-state index in [1.807, 2.05) is 36.9 Å². The number of aliphatic hydroxyl groups excluding tert-OH is 1. The van der Waals surface area contributed by atoms with Crippen LogP contribution in [0.1, 0.15) is 37.3 Å². The molecule has 0 saturated carbocycles. The van der Waals surface area contributed by atoms with E-state index in [-0.39, 0.29) is 11.7 Å². The summed E-state index contributed by atoms with van der Waals surface area (Å²) in [5.74, 6) is 1.61. The molecule has 6 nitrogen and oxygen atoms in total. The zero-order chi connectivity index (χ0) is 17.8. The monoisotopic (exact) mass is 345 g/mol. The average Bonchev–Trinajstić information content (AvgIpc) is 3.04. The molecule has 1 aromatic carbocycles. The van der Waals surface area contributed by atoms with Gasteiger partial charge in [-0.25, -0.2) is 4.98 Å². The highest BCUT2D eigenvalue weighted by Gasteiger charge is 2.29. The summed E-state index contributed by atoms with van der Waals surface area (Å²) in [7, 11) is 1.91. The number of aliphatic hydroxyl groups is 1. The van der Waals surface area contributed by atoms with Crippen molar-refractivity contribution in [3.8, 4) is 11.5 Å². The highest BCUT2D eigenvalue weighted by Crippen LogP contribution is 2.33. The summed E-state index contributed by atoms with van der Waals surface area (Å²) >= 11 is 0. The van der Waals surface area contributed by atoms with Crippen molar-refractivity contribution in [1.29, 1.82) is 0 Å². The number of hydrogen-bond acceptors (Lipinski definition) is 5. The zero-order valence-corrected chi connectivity index (χ0v) is 14.9. The number of para-hydroxylation sites is 1. The first-order chi connectivity index (χ1) is 12.1. The van der Waals surface area contributed by atoms with Gasteiger partial charge >= 0.3 is 0 Å². The van der Waals surface area contributed by atoms with Gasteiger partial charge in [0.15, 0.2) is 11.5 Å². The molecular weight excluding hydrogens is 318 g/mol. The summed E-state index contributed by atoms with van der Waals surface area (Å²) in [6.45, 7) is 4.82. The molecule has 1 aliphatic rings. The van der Waals surface area contributed by atoms with E-state index in [4.69, 9.17) is 4.74 Å². The van der Waals surface area contributed by atoms with Crippen molar-refractivity contribution in [3.63, 3.8) is 0 Å². The second-order valence-corrected chi connectivity index (χ2v) is 6.68. The lowest BCUT2D eigenvalue weighted by Crippen LogP contribution is -2.37. The lowest BCUT2D eigenvalue weighted by atomic mass is 9.91. The van der Waals surface area contributed by atoms with Crippen LogP contribution in [-0.2, 0) is 13.6 Å². The number of rotatable bonds is 6. The van der Waals surface area contributed by atoms with Crippen LogP contribution in [0.5, 0.6) is 11.5 Å². The van der Waals surface area contributed by atoms with Crippen LogP contribution < -0.4 is 4.74 Å². The second-order valence-electron chi connectivity index (χ2n) is 6.68. The molecule has 136 valence electrons. The fraction of sp³-hybridized carbons (Fsp3) is 0.526. The van der Waals surface area contributed by atoms with Gasteiger partial charge in [0.05, 0.1) is 6.61 Å². The van der Waals surface area contributed by atoms with Gasteiger partial charge in [0, 0.05) is 44.0 Å². The Bertz CT molecular complexity index is 701. The van der Waals surface area contributed by atoms with E-state index in [2.05, 4.69) is 9.88 Å². The van der Waals surface area contributed by atoms with Crippen LogP contribution >= 0.6 is 0 Å². The van der Waals surface area contributed by atoms with Crippen LogP contribution in [-0.4, -0.2) is 44.4 Å². The molecule has 0 aliphatic carbocycles. The van der Waals surface area contributed by atoms with Crippen LogP contribution in [0, 0.1) is 5.92 Å². The van der Waals surface area contributed by atoms with Crippen molar-refractivity contribution in [3.05, 3.63) is 42.0 Å². The number of ether oxygens (including phenoxy) is 1. The van der Waals surface area contributed by atoms with E-state index in [1.165, 1.54) is 0 Å². The summed E-state index contributed by atoms with van der Waals surface area (Å²) < 4.78 is 7.34. The molecule has 1 fully saturated rings. The first kappa shape index (κ1) is 17.8. The highest BCUT2D eigenvalue weighted by molar-refractivity contribution is 5.45. The van der Waals surface area contributed by atoms with E-state index in [0.29, 0.717) is 24.7 Å². The van der Waals surface area contributed by atoms with E-state index in [9.17, 15) is 10.2 Å². The van der Waals surface area contributed by atoms with E-state index in [0.717, 1.165) is 31.5 Å². The third kappa shape index (κ3) is 3.96. The number of phenols is 1. The fourth-order valence-electron chi connectivity index (χ4n) is 3.57. The lowest BCUT2D eigenvalue weighted by molar-refractivity contribution is 0.0402. The molecule has 2 unspecified atom stereocenters. The maximum atomic E-state index is 10.7. The van der Waals surface area contributed by atoms with Crippen molar-refractivity contribution in [2.75, 3.05) is 19.7 Å². The largest absolute Gasteiger partial charge is 0.504 e. The van der Waals surface area contributed by atoms with Gasteiger partial charge in [-0.05, 0) is 32.4 Å². The highest BCUT2D eigenvalue weighted by atomic mass is 16.5. The quantitative estimate of drug-likeness (QED) is 0.842. The predicted molar refractivity (Wildman–Crippen MR) is 95.4 cm³/mol. The van der Waals surface area contributed by atoms with Crippen LogP contribution in [0.4, 0.5) is 0 Å². The number of aryl methyl sites for hydroxylation is 1. The fourth-order valence-corrected chi connectivity index (χ4v) is 3.57. The van der Waals surface area contributed by atoms with Crippen LogP contribution in [0.3, 0.4) is 0 Å². The van der Waals surface area contributed by atoms with Crippen molar-refractivity contribution < 1.29 is 14.9 Å². The van der Waals surface area contributed by atoms with Gasteiger partial charge in [-0.15, -0.1) is 0 Å². The lowest BCUT2D eigenvalue weighted by Gasteiger charge is -2.35. The van der Waals surface area contributed by atoms with Gasteiger partial charge in [-0.2, -0.15) is 0 Å². The molecule has 0 radical (unpaired) electrons. The molecule has 1 aliphatic heterocycles. The van der Waals surface area contributed by atoms with Crippen molar-refractivity contribution >= 4 is 0 Å². The minimum Gasteiger partial charge on any atom is -0.504 e. The van der Waals surface area contributed by atoms with Gasteiger partial charge in [-0.1, -0.05) is 12.1 Å². The molecule has 2 aromatic rings. The smallest absolute Gasteiger partial charge is 0.162 e. The third-order valence-electron chi connectivity index (χ3n) is 4.89. The summed E-state index contributed by atoms with van der Waals surface area (Å²) in [6, 6.07) is 5.62. The molecule has 0 spiro atoms. The molecule has 1 aromatic heterocycles. The van der Waals surface area contributed by atoms with Crippen molar-refractivity contribution in [2.24, 2.45) is 13.0 Å². The maximum Gasteiger partial charge on any atom is 0.162 e. The van der Waals surface area contributed by atoms with Crippen LogP contribution in [0.15, 0.2) is 30.6 Å². The molecular formula is C19H27N3O3. The number of aromatic hydroxyl groups is 1. The van der Waals surface area contributed by atoms with Crippen LogP contribution in [0.2, 0.25) is 0 Å². The topological polar surface area (TPSA) is 70.8 Å². The van der Waals surface area contributed by atoms with Gasteiger partial charge in [-0.3, -0.25) is 4.90 Å². The van der Waals surface area contributed by atoms with Gasteiger partial charge in [0.1, 0.15) is 11.9 Å². The molecule has 2 atom stereocenters. The maximum absolute atomic E-state index is 10.7. The van der Waals surface area contributed by atoms with Crippen molar-refractivity contribution in [2.45, 2.75) is 32.4 Å². The summed E-state index contributed by atoms with van der Waals surface area (Å²) in [5, 5.41) is 21.1. The number of hydrogen-bond donors (Lipinski definition) is 2. The van der Waals surface area contributed by atoms with Crippen molar-refractivity contribution in [1.82, 2.24) is 14.5 Å². The Balaban J connectivity index is 1.68. The van der Waals surface area contributed by atoms with E-state index in [1.54, 1.807) is 12.3 Å². The Morgan fingerprint density at radius 3 is 2.96 bits per heavy atom. The second kappa shape index (κ2) is 7.89. The molecule has 0 bridgehead atoms. The molecule has 1 saturated heterocycles. The predicted octanol–water partition coefficient (Wildman–Crippen LogP) is 2.47. The number of imidazole rings is 1. The molecule has 3 rings (SSSR count). The first-order valence-electron chi connectivity index (χ1n) is 8.91. The Morgan fingerprint density at radius 1 is 1.40 bits per heavy atom. The normalized spacial score (nSPS) is 19.7. The summed E-state index contributed by atoms with van der Waals surface area (Å²) in [4.78, 5) is 6.57. The van der Waals surface area contributed by atoms with Gasteiger partial charge in [0.25, 0.3) is 0 Å². The molecule has 0 amide bonds. The number of piperidine rings is 1. The van der Waals surface area contributed by atoms with Gasteiger partial charge in [0.2, 0.25) is 0 Å². The molecule has 25 heavy (non-hydrogen) atoms. The van der Waals surface area contributed by atoms with Crippen LogP contribution in [0.25, 0.3) is 0 Å². The number of phenolic OH excluding ortho intramolecular Hbond substituents is 1. The Labute approximate surface area is 148 Å². The Kier molecular flexibility index (Phi) is 5.60. The number of aromatic nitrogens is 2. The molecule has 6 heteroatoms. The third-order valence-corrected chi connectivity index (χ3v) is 4.89. The molecule has 2 N–H and O–H groups in total. The SMILES string of the molecule is CCOc1cccc(CN2CCCC(C(O)c3nccn3C)C2)c1O. The number of benzene rings is 1. The minimum absolute atomic E-state index is 0.145. The summed E-state index contributed by atoms with van der Waals surface area (Å²) in [5.41, 5.74) is 0.859. The van der Waals surface area contributed by atoms with E-state index >= 15 is 0 Å². The Hall–Kier alpha value is -2.05. The average molecular weight is 345 g/mol. The number of nitrogens with zero attached hydrogens (tertiary/aromatic N) is 3. The summed E-state index contributed by atoms with van der Waals surface area (Å²) in [6.07, 6.45) is 5.02.